The molecule has 0 bridgehead atoms. The molecular formula is C28H21NO6S2. The van der Waals surface area contributed by atoms with E-state index in [0.717, 1.165) is 22.7 Å². The molecule has 9 heteroatoms. The van der Waals surface area contributed by atoms with Crippen LogP contribution >= 0.6 is 11.8 Å². The molecule has 1 aliphatic rings. The van der Waals surface area contributed by atoms with Crippen LogP contribution in [0.4, 0.5) is 4.79 Å². The van der Waals surface area contributed by atoms with Gasteiger partial charge in [-0.2, -0.15) is 8.42 Å². The molecule has 1 saturated heterocycles. The average molecular weight is 532 g/mol. The van der Waals surface area contributed by atoms with E-state index in [1.807, 2.05) is 48.5 Å². The molecule has 1 heterocycles. The Hall–Kier alpha value is -4.08. The van der Waals surface area contributed by atoms with E-state index in [-0.39, 0.29) is 33.1 Å². The maximum absolute atomic E-state index is 13.1. The molecule has 0 radical (unpaired) electrons. The first-order valence-corrected chi connectivity index (χ1v) is 13.5. The first-order chi connectivity index (χ1) is 17.9. The Morgan fingerprint density at radius 2 is 1.59 bits per heavy atom. The summed E-state index contributed by atoms with van der Waals surface area (Å²) in [5.74, 6) is -0.220. The fraction of sp³-hybridized carbons (Fsp3) is 0.0714. The van der Waals surface area contributed by atoms with Crippen molar-refractivity contribution in [1.29, 1.82) is 0 Å². The molecular weight excluding hydrogens is 510 g/mol. The highest BCUT2D eigenvalue weighted by Crippen LogP contribution is 2.36. The predicted molar refractivity (Wildman–Crippen MR) is 143 cm³/mol. The van der Waals surface area contributed by atoms with E-state index in [4.69, 9.17) is 8.92 Å². The van der Waals surface area contributed by atoms with Crippen molar-refractivity contribution in [2.24, 2.45) is 0 Å². The minimum absolute atomic E-state index is 0.00441. The summed E-state index contributed by atoms with van der Waals surface area (Å²) in [5.41, 5.74) is 1.40. The number of hydrogen-bond acceptors (Lipinski definition) is 7. The lowest BCUT2D eigenvalue weighted by Crippen LogP contribution is -2.27. The van der Waals surface area contributed by atoms with Gasteiger partial charge < -0.3 is 8.92 Å². The number of carbonyl (C=O) groups excluding carboxylic acids is 2. The standard InChI is InChI=1S/C28H21NO6S2/c1-34-24-16-20(17-25-27(30)29(28(31)36-25)18-19-8-3-2-4-9-19)14-15-23(24)35-37(32,33)26-13-7-11-21-10-5-6-12-22(21)26/h2-17H,18H2,1H3. The van der Waals surface area contributed by atoms with Crippen LogP contribution in [0.3, 0.4) is 0 Å². The summed E-state index contributed by atoms with van der Waals surface area (Å²) in [6.07, 6.45) is 1.57. The number of ether oxygens (including phenoxy) is 1. The van der Waals surface area contributed by atoms with E-state index in [1.165, 1.54) is 24.1 Å². The third kappa shape index (κ3) is 5.09. The average Bonchev–Trinajstić information content (AvgIpc) is 3.16. The molecule has 1 aliphatic heterocycles. The van der Waals surface area contributed by atoms with E-state index in [9.17, 15) is 18.0 Å². The van der Waals surface area contributed by atoms with Crippen molar-refractivity contribution in [1.82, 2.24) is 4.90 Å². The summed E-state index contributed by atoms with van der Waals surface area (Å²) >= 11 is 0.853. The number of carbonyl (C=O) groups is 2. The lowest BCUT2D eigenvalue weighted by Gasteiger charge is -2.13. The molecule has 37 heavy (non-hydrogen) atoms. The summed E-state index contributed by atoms with van der Waals surface area (Å²) in [5, 5.41) is 0.968. The lowest BCUT2D eigenvalue weighted by molar-refractivity contribution is -0.123. The SMILES string of the molecule is COc1cc(C=C2SC(=O)N(Cc3ccccc3)C2=O)ccc1OS(=O)(=O)c1cccc2ccccc12. The van der Waals surface area contributed by atoms with Crippen molar-refractivity contribution in [2.75, 3.05) is 7.11 Å². The molecule has 0 saturated carbocycles. The molecule has 4 aromatic carbocycles. The molecule has 7 nitrogen and oxygen atoms in total. The van der Waals surface area contributed by atoms with Gasteiger partial charge in [-0.3, -0.25) is 14.5 Å². The molecule has 4 aromatic rings. The van der Waals surface area contributed by atoms with Crippen LogP contribution in [0.2, 0.25) is 0 Å². The normalized spacial score (nSPS) is 14.9. The minimum Gasteiger partial charge on any atom is -0.493 e. The number of fused-ring (bicyclic) bond motifs is 1. The van der Waals surface area contributed by atoms with Crippen LogP contribution in [-0.4, -0.2) is 31.6 Å². The Bertz CT molecular complexity index is 1640. The van der Waals surface area contributed by atoms with E-state index >= 15 is 0 Å². The van der Waals surface area contributed by atoms with Crippen LogP contribution < -0.4 is 8.92 Å². The van der Waals surface area contributed by atoms with Crippen LogP contribution in [-0.2, 0) is 21.5 Å². The van der Waals surface area contributed by atoms with E-state index in [0.29, 0.717) is 10.9 Å². The van der Waals surface area contributed by atoms with Crippen molar-refractivity contribution in [2.45, 2.75) is 11.4 Å². The lowest BCUT2D eigenvalue weighted by atomic mass is 10.1. The van der Waals surface area contributed by atoms with Gasteiger partial charge in [0.25, 0.3) is 11.1 Å². The molecule has 1 fully saturated rings. The Balaban J connectivity index is 1.40. The second kappa shape index (κ2) is 10.1. The van der Waals surface area contributed by atoms with Gasteiger partial charge in [0.2, 0.25) is 0 Å². The van der Waals surface area contributed by atoms with Crippen molar-refractivity contribution in [3.8, 4) is 11.5 Å². The van der Waals surface area contributed by atoms with Crippen LogP contribution in [0.1, 0.15) is 11.1 Å². The van der Waals surface area contributed by atoms with Crippen LogP contribution in [0.5, 0.6) is 11.5 Å². The molecule has 0 N–H and O–H groups in total. The highest BCUT2D eigenvalue weighted by molar-refractivity contribution is 8.18. The smallest absolute Gasteiger partial charge is 0.339 e. The molecule has 186 valence electrons. The fourth-order valence-corrected chi connectivity index (χ4v) is 5.98. The van der Waals surface area contributed by atoms with Gasteiger partial charge in [-0.1, -0.05) is 72.8 Å². The van der Waals surface area contributed by atoms with Crippen LogP contribution in [0.15, 0.2) is 101 Å². The van der Waals surface area contributed by atoms with Gasteiger partial charge in [-0.25, -0.2) is 0 Å². The summed E-state index contributed by atoms with van der Waals surface area (Å²) in [4.78, 5) is 26.8. The Labute approximate surface area is 218 Å². The second-order valence-electron chi connectivity index (χ2n) is 8.18. The highest BCUT2D eigenvalue weighted by Gasteiger charge is 2.35. The maximum atomic E-state index is 13.1. The third-order valence-electron chi connectivity index (χ3n) is 5.76. The molecule has 0 unspecified atom stereocenters. The molecule has 2 amide bonds. The Morgan fingerprint density at radius 1 is 0.865 bits per heavy atom. The number of nitrogens with zero attached hydrogens (tertiary/aromatic N) is 1. The number of methoxy groups -OCH3 is 1. The minimum atomic E-state index is -4.17. The van der Waals surface area contributed by atoms with Gasteiger partial charge in [0.05, 0.1) is 18.6 Å². The highest BCUT2D eigenvalue weighted by atomic mass is 32.2. The van der Waals surface area contributed by atoms with E-state index < -0.39 is 16.0 Å². The first kappa shape index (κ1) is 24.6. The van der Waals surface area contributed by atoms with E-state index in [2.05, 4.69) is 0 Å². The molecule has 0 spiro atoms. The first-order valence-electron chi connectivity index (χ1n) is 11.3. The van der Waals surface area contributed by atoms with Crippen LogP contribution in [0, 0.1) is 0 Å². The molecule has 0 aromatic heterocycles. The van der Waals surface area contributed by atoms with Gasteiger partial charge in [-0.05, 0) is 52.6 Å². The number of amides is 2. The Kier molecular flexibility index (Phi) is 6.73. The van der Waals surface area contributed by atoms with E-state index in [1.54, 1.807) is 36.4 Å². The van der Waals surface area contributed by atoms with Crippen molar-refractivity contribution < 1.29 is 26.9 Å². The predicted octanol–water partition coefficient (Wildman–Crippen LogP) is 5.85. The summed E-state index contributed by atoms with van der Waals surface area (Å²) < 4.78 is 37.1. The van der Waals surface area contributed by atoms with Gasteiger partial charge in [-0.15, -0.1) is 0 Å². The fourth-order valence-electron chi connectivity index (χ4n) is 3.97. The number of hydrogen-bond donors (Lipinski definition) is 0. The number of benzene rings is 4. The second-order valence-corrected chi connectivity index (χ2v) is 10.7. The zero-order valence-electron chi connectivity index (χ0n) is 19.7. The van der Waals surface area contributed by atoms with Gasteiger partial charge in [0.1, 0.15) is 4.90 Å². The van der Waals surface area contributed by atoms with Gasteiger partial charge in [0.15, 0.2) is 11.5 Å². The van der Waals surface area contributed by atoms with Crippen molar-refractivity contribution in [3.63, 3.8) is 0 Å². The Morgan fingerprint density at radius 3 is 2.38 bits per heavy atom. The van der Waals surface area contributed by atoms with Gasteiger partial charge >= 0.3 is 10.1 Å². The van der Waals surface area contributed by atoms with Crippen molar-refractivity contribution in [3.05, 3.63) is 107 Å². The summed E-state index contributed by atoms with van der Waals surface area (Å²) in [7, 11) is -2.77. The zero-order chi connectivity index (χ0) is 26.0. The summed E-state index contributed by atoms with van der Waals surface area (Å²) in [6, 6.07) is 26.0. The molecule has 0 atom stereocenters. The number of rotatable bonds is 7. The topological polar surface area (TPSA) is 90.0 Å². The van der Waals surface area contributed by atoms with Gasteiger partial charge in [0, 0.05) is 5.39 Å². The quantitative estimate of drug-likeness (QED) is 0.218. The largest absolute Gasteiger partial charge is 0.493 e. The summed E-state index contributed by atoms with van der Waals surface area (Å²) in [6.45, 7) is 0.185. The monoisotopic (exact) mass is 531 g/mol. The third-order valence-corrected chi connectivity index (χ3v) is 7.96. The number of thioether (sulfide) groups is 1. The molecule has 5 rings (SSSR count). The molecule has 0 aliphatic carbocycles. The van der Waals surface area contributed by atoms with Crippen LogP contribution in [0.25, 0.3) is 16.8 Å². The van der Waals surface area contributed by atoms with Crippen molar-refractivity contribution >= 4 is 49.9 Å². The number of imide groups is 1. The zero-order valence-corrected chi connectivity index (χ0v) is 21.3. The maximum Gasteiger partial charge on any atom is 0.339 e.